The second kappa shape index (κ2) is 4.57. The van der Waals surface area contributed by atoms with Crippen LogP contribution in [0.1, 0.15) is 18.4 Å². The van der Waals surface area contributed by atoms with Crippen LogP contribution in [0.15, 0.2) is 24.3 Å². The van der Waals surface area contributed by atoms with Gasteiger partial charge in [-0.25, -0.2) is 0 Å². The normalized spacial score (nSPS) is 19.0. The van der Waals surface area contributed by atoms with E-state index in [0.29, 0.717) is 12.8 Å². The van der Waals surface area contributed by atoms with Gasteiger partial charge in [0, 0.05) is 25.1 Å². The molecule has 0 spiro atoms. The third-order valence-electron chi connectivity index (χ3n) is 3.21. The molecule has 1 aliphatic heterocycles. The van der Waals surface area contributed by atoms with Gasteiger partial charge in [-0.2, -0.15) is 0 Å². The molecule has 90 valence electrons. The van der Waals surface area contributed by atoms with Crippen molar-refractivity contribution in [2.75, 3.05) is 11.9 Å². The van der Waals surface area contributed by atoms with E-state index in [9.17, 15) is 9.59 Å². The molecule has 0 saturated carbocycles. The molecule has 1 heterocycles. The molecule has 0 aromatic heterocycles. The van der Waals surface area contributed by atoms with Crippen LogP contribution in [0, 0.1) is 5.92 Å². The first-order valence-corrected chi connectivity index (χ1v) is 5.67. The minimum Gasteiger partial charge on any atom is -0.481 e. The van der Waals surface area contributed by atoms with Gasteiger partial charge in [-0.15, -0.1) is 0 Å². The summed E-state index contributed by atoms with van der Waals surface area (Å²) in [6, 6.07) is 7.75. The van der Waals surface area contributed by atoms with E-state index in [1.807, 2.05) is 24.3 Å². The zero-order valence-corrected chi connectivity index (χ0v) is 9.72. The molecule has 1 atom stereocenters. The first-order chi connectivity index (χ1) is 8.09. The van der Waals surface area contributed by atoms with E-state index < -0.39 is 5.97 Å². The molecule has 17 heavy (non-hydrogen) atoms. The minimum absolute atomic E-state index is 0.0185. The largest absolute Gasteiger partial charge is 0.481 e. The maximum Gasteiger partial charge on any atom is 0.303 e. The van der Waals surface area contributed by atoms with Crippen molar-refractivity contribution < 1.29 is 14.7 Å². The Labute approximate surface area is 99.9 Å². The van der Waals surface area contributed by atoms with E-state index in [0.717, 1.165) is 11.3 Å². The summed E-state index contributed by atoms with van der Waals surface area (Å²) in [5, 5.41) is 8.67. The van der Waals surface area contributed by atoms with Crippen molar-refractivity contribution >= 4 is 17.6 Å². The van der Waals surface area contributed by atoms with Gasteiger partial charge in [-0.3, -0.25) is 9.59 Å². The first-order valence-electron chi connectivity index (χ1n) is 5.67. The third kappa shape index (κ3) is 2.30. The van der Waals surface area contributed by atoms with Crippen LogP contribution in [0.4, 0.5) is 5.69 Å². The van der Waals surface area contributed by atoms with Crippen LogP contribution in [-0.2, 0) is 16.0 Å². The maximum absolute atomic E-state index is 12.0. The second-order valence-electron chi connectivity index (χ2n) is 4.36. The highest BCUT2D eigenvalue weighted by atomic mass is 16.4. The average Bonchev–Trinajstić information content (AvgIpc) is 2.32. The Hall–Kier alpha value is -1.84. The fourth-order valence-corrected chi connectivity index (χ4v) is 2.28. The average molecular weight is 233 g/mol. The predicted octanol–water partition coefficient (Wildman–Crippen LogP) is 1.69. The zero-order chi connectivity index (χ0) is 12.4. The Morgan fingerprint density at radius 2 is 2.18 bits per heavy atom. The predicted molar refractivity (Wildman–Crippen MR) is 63.9 cm³/mol. The molecule has 1 aliphatic rings. The molecule has 0 unspecified atom stereocenters. The lowest BCUT2D eigenvalue weighted by Crippen LogP contribution is -2.38. The van der Waals surface area contributed by atoms with Crippen LogP contribution in [0.3, 0.4) is 0 Å². The van der Waals surface area contributed by atoms with Crippen LogP contribution < -0.4 is 4.90 Å². The molecule has 4 nitrogen and oxygen atoms in total. The monoisotopic (exact) mass is 233 g/mol. The lowest BCUT2D eigenvalue weighted by Gasteiger charge is -2.31. The number of carboxylic acids is 1. The van der Waals surface area contributed by atoms with Crippen LogP contribution in [0.2, 0.25) is 0 Å². The number of rotatable bonds is 3. The van der Waals surface area contributed by atoms with Crippen molar-refractivity contribution in [1.29, 1.82) is 0 Å². The zero-order valence-electron chi connectivity index (χ0n) is 9.72. The number of carboxylic acid groups (broad SMARTS) is 1. The molecular weight excluding hydrogens is 218 g/mol. The Morgan fingerprint density at radius 1 is 1.47 bits per heavy atom. The molecule has 0 fully saturated rings. The SMILES string of the molecule is CN1C(=O)[C@@H](CCC(=O)O)Cc2ccccc21. The topological polar surface area (TPSA) is 57.6 Å². The molecule has 1 amide bonds. The number of hydrogen-bond donors (Lipinski definition) is 1. The molecule has 0 saturated heterocycles. The Balaban J connectivity index is 2.19. The van der Waals surface area contributed by atoms with Gasteiger partial charge in [0.15, 0.2) is 0 Å². The molecule has 1 aromatic carbocycles. The van der Waals surface area contributed by atoms with Gasteiger partial charge in [0.05, 0.1) is 0 Å². The van der Waals surface area contributed by atoms with Crippen molar-refractivity contribution in [3.63, 3.8) is 0 Å². The highest BCUT2D eigenvalue weighted by molar-refractivity contribution is 5.97. The summed E-state index contributed by atoms with van der Waals surface area (Å²) in [5.74, 6) is -1.03. The smallest absolute Gasteiger partial charge is 0.303 e. The number of carbonyl (C=O) groups excluding carboxylic acids is 1. The number of hydrogen-bond acceptors (Lipinski definition) is 2. The quantitative estimate of drug-likeness (QED) is 0.864. The van der Waals surface area contributed by atoms with E-state index in [1.54, 1.807) is 11.9 Å². The van der Waals surface area contributed by atoms with E-state index in [1.165, 1.54) is 0 Å². The maximum atomic E-state index is 12.0. The van der Waals surface area contributed by atoms with Crippen molar-refractivity contribution in [2.24, 2.45) is 5.92 Å². The lowest BCUT2D eigenvalue weighted by atomic mass is 9.89. The molecule has 0 bridgehead atoms. The van der Waals surface area contributed by atoms with E-state index in [4.69, 9.17) is 5.11 Å². The Kier molecular flexibility index (Phi) is 3.13. The third-order valence-corrected chi connectivity index (χ3v) is 3.21. The Bertz CT molecular complexity index is 456. The highest BCUT2D eigenvalue weighted by Crippen LogP contribution is 2.31. The van der Waals surface area contributed by atoms with Crippen molar-refractivity contribution in [2.45, 2.75) is 19.3 Å². The summed E-state index contributed by atoms with van der Waals surface area (Å²) in [7, 11) is 1.74. The van der Waals surface area contributed by atoms with E-state index >= 15 is 0 Å². The number of para-hydroxylation sites is 1. The number of anilines is 1. The van der Waals surface area contributed by atoms with Gasteiger partial charge in [0.2, 0.25) is 5.91 Å². The van der Waals surface area contributed by atoms with Crippen LogP contribution in [0.25, 0.3) is 0 Å². The molecule has 1 N–H and O–H groups in total. The fourth-order valence-electron chi connectivity index (χ4n) is 2.28. The van der Waals surface area contributed by atoms with Gasteiger partial charge in [0.25, 0.3) is 0 Å². The molecule has 0 aliphatic carbocycles. The molecule has 4 heteroatoms. The molecule has 0 radical (unpaired) electrons. The summed E-state index contributed by atoms with van der Waals surface area (Å²) >= 11 is 0. The number of carbonyl (C=O) groups is 2. The lowest BCUT2D eigenvalue weighted by molar-refractivity contribution is -0.137. The second-order valence-corrected chi connectivity index (χ2v) is 4.36. The van der Waals surface area contributed by atoms with Gasteiger partial charge in [-0.1, -0.05) is 18.2 Å². The summed E-state index contributed by atoms with van der Waals surface area (Å²) < 4.78 is 0. The number of benzene rings is 1. The van der Waals surface area contributed by atoms with Crippen molar-refractivity contribution in [3.05, 3.63) is 29.8 Å². The van der Waals surface area contributed by atoms with Gasteiger partial charge < -0.3 is 10.0 Å². The van der Waals surface area contributed by atoms with E-state index in [2.05, 4.69) is 0 Å². The first kappa shape index (κ1) is 11.6. The van der Waals surface area contributed by atoms with Crippen LogP contribution >= 0.6 is 0 Å². The van der Waals surface area contributed by atoms with Crippen molar-refractivity contribution in [3.8, 4) is 0 Å². The number of aliphatic carboxylic acids is 1. The number of nitrogens with zero attached hydrogens (tertiary/aromatic N) is 1. The summed E-state index contributed by atoms with van der Waals surface area (Å²) in [6.45, 7) is 0. The van der Waals surface area contributed by atoms with Crippen LogP contribution in [-0.4, -0.2) is 24.0 Å². The van der Waals surface area contributed by atoms with Gasteiger partial charge in [0.1, 0.15) is 0 Å². The summed E-state index contributed by atoms with van der Waals surface area (Å²) in [5.41, 5.74) is 2.05. The van der Waals surface area contributed by atoms with Gasteiger partial charge in [-0.05, 0) is 24.5 Å². The van der Waals surface area contributed by atoms with Crippen molar-refractivity contribution in [1.82, 2.24) is 0 Å². The molecule has 1 aromatic rings. The number of amides is 1. The van der Waals surface area contributed by atoms with Gasteiger partial charge >= 0.3 is 5.97 Å². The van der Waals surface area contributed by atoms with E-state index in [-0.39, 0.29) is 18.2 Å². The number of fused-ring (bicyclic) bond motifs is 1. The summed E-state index contributed by atoms with van der Waals surface area (Å²) in [4.78, 5) is 24.2. The fraction of sp³-hybridized carbons (Fsp3) is 0.385. The minimum atomic E-state index is -0.848. The summed E-state index contributed by atoms with van der Waals surface area (Å²) in [6.07, 6.45) is 1.10. The molecular formula is C13H15NO3. The Morgan fingerprint density at radius 3 is 2.88 bits per heavy atom. The highest BCUT2D eigenvalue weighted by Gasteiger charge is 2.30. The van der Waals surface area contributed by atoms with Crippen LogP contribution in [0.5, 0.6) is 0 Å². The standard InChI is InChI=1S/C13H15NO3/c1-14-11-5-3-2-4-9(11)8-10(13(14)17)6-7-12(15)16/h2-5,10H,6-8H2,1H3,(H,15,16)/t10-/m0/s1. The molecule has 2 rings (SSSR count).